The SMILES string of the molecule is CC(C)(C)OC(=O)N1CCC(OCc2cccc(C(F)(F)F)c2)C1. The molecule has 0 aliphatic carbocycles. The minimum absolute atomic E-state index is 0.0801. The summed E-state index contributed by atoms with van der Waals surface area (Å²) in [5.41, 5.74) is -0.792. The maximum Gasteiger partial charge on any atom is 0.416 e. The first-order chi connectivity index (χ1) is 11.0. The smallest absolute Gasteiger partial charge is 0.416 e. The van der Waals surface area contributed by atoms with E-state index in [-0.39, 0.29) is 12.7 Å². The number of amides is 1. The normalized spacial score (nSPS) is 18.8. The first kappa shape index (κ1) is 18.6. The molecule has 0 aromatic heterocycles. The summed E-state index contributed by atoms with van der Waals surface area (Å²) in [5.74, 6) is 0. The summed E-state index contributed by atoms with van der Waals surface area (Å²) < 4.78 is 49.0. The van der Waals surface area contributed by atoms with Crippen molar-refractivity contribution in [2.75, 3.05) is 13.1 Å². The quantitative estimate of drug-likeness (QED) is 0.823. The zero-order valence-electron chi connectivity index (χ0n) is 14.0. The van der Waals surface area contributed by atoms with Crippen LogP contribution in [0.5, 0.6) is 0 Å². The van der Waals surface area contributed by atoms with E-state index in [0.29, 0.717) is 25.1 Å². The minimum atomic E-state index is -4.36. The van der Waals surface area contributed by atoms with Crippen LogP contribution in [0, 0.1) is 0 Å². The number of hydrogen-bond donors (Lipinski definition) is 0. The number of carbonyl (C=O) groups excluding carboxylic acids is 1. The molecule has 0 saturated carbocycles. The molecule has 0 spiro atoms. The lowest BCUT2D eigenvalue weighted by molar-refractivity contribution is -0.137. The van der Waals surface area contributed by atoms with E-state index in [1.807, 2.05) is 0 Å². The largest absolute Gasteiger partial charge is 0.444 e. The number of carbonyl (C=O) groups is 1. The van der Waals surface area contributed by atoms with Crippen molar-refractivity contribution in [2.24, 2.45) is 0 Å². The Morgan fingerprint density at radius 2 is 2.00 bits per heavy atom. The molecule has 24 heavy (non-hydrogen) atoms. The molecule has 7 heteroatoms. The van der Waals surface area contributed by atoms with Crippen molar-refractivity contribution in [2.45, 2.75) is 51.7 Å². The van der Waals surface area contributed by atoms with Crippen LogP contribution in [-0.2, 0) is 22.3 Å². The number of benzene rings is 1. The summed E-state index contributed by atoms with van der Waals surface area (Å²) in [5, 5.41) is 0. The van der Waals surface area contributed by atoms with Gasteiger partial charge >= 0.3 is 12.3 Å². The zero-order valence-corrected chi connectivity index (χ0v) is 14.0. The highest BCUT2D eigenvalue weighted by atomic mass is 19.4. The predicted octanol–water partition coefficient (Wildman–Crippen LogP) is 4.23. The monoisotopic (exact) mass is 345 g/mol. The van der Waals surface area contributed by atoms with Gasteiger partial charge < -0.3 is 14.4 Å². The second-order valence-electron chi connectivity index (χ2n) is 6.85. The van der Waals surface area contributed by atoms with Gasteiger partial charge in [0.2, 0.25) is 0 Å². The Hall–Kier alpha value is -1.76. The third kappa shape index (κ3) is 5.40. The molecule has 0 bridgehead atoms. The molecule has 1 aromatic carbocycles. The topological polar surface area (TPSA) is 38.8 Å². The fourth-order valence-corrected chi connectivity index (χ4v) is 2.41. The standard InChI is InChI=1S/C17H22F3NO3/c1-16(2,3)24-15(22)21-8-7-14(10-21)23-11-12-5-4-6-13(9-12)17(18,19)20/h4-6,9,14H,7-8,10-11H2,1-3H3. The lowest BCUT2D eigenvalue weighted by Crippen LogP contribution is -2.36. The van der Waals surface area contributed by atoms with Gasteiger partial charge in [-0.05, 0) is 44.9 Å². The molecule has 1 unspecified atom stereocenters. The van der Waals surface area contributed by atoms with Gasteiger partial charge in [-0.15, -0.1) is 0 Å². The van der Waals surface area contributed by atoms with Crippen LogP contribution in [0.3, 0.4) is 0 Å². The summed E-state index contributed by atoms with van der Waals surface area (Å²) in [6.45, 7) is 6.36. The molecule has 0 N–H and O–H groups in total. The van der Waals surface area contributed by atoms with Crippen LogP contribution in [0.1, 0.15) is 38.3 Å². The molecule has 0 radical (unpaired) electrons. The molecule has 1 saturated heterocycles. The highest BCUT2D eigenvalue weighted by Crippen LogP contribution is 2.29. The fraction of sp³-hybridized carbons (Fsp3) is 0.588. The Labute approximate surface area is 139 Å². The van der Waals surface area contributed by atoms with Gasteiger partial charge in [0.15, 0.2) is 0 Å². The van der Waals surface area contributed by atoms with Gasteiger partial charge in [-0.2, -0.15) is 13.2 Å². The summed E-state index contributed by atoms with van der Waals surface area (Å²) in [4.78, 5) is 13.5. The van der Waals surface area contributed by atoms with Crippen LogP contribution in [-0.4, -0.2) is 35.8 Å². The van der Waals surface area contributed by atoms with Crippen molar-refractivity contribution in [3.05, 3.63) is 35.4 Å². The van der Waals surface area contributed by atoms with E-state index in [1.165, 1.54) is 6.07 Å². The average Bonchev–Trinajstić information content (AvgIpc) is 2.92. The molecule has 2 rings (SSSR count). The average molecular weight is 345 g/mol. The maximum atomic E-state index is 12.7. The molecule has 1 aromatic rings. The first-order valence-electron chi connectivity index (χ1n) is 7.80. The van der Waals surface area contributed by atoms with Crippen LogP contribution in [0.4, 0.5) is 18.0 Å². The molecule has 1 aliphatic rings. The van der Waals surface area contributed by atoms with Crippen LogP contribution >= 0.6 is 0 Å². The summed E-state index contributed by atoms with van der Waals surface area (Å²) in [6, 6.07) is 5.07. The van der Waals surface area contributed by atoms with E-state index in [4.69, 9.17) is 9.47 Å². The molecule has 4 nitrogen and oxygen atoms in total. The van der Waals surface area contributed by atoms with Gasteiger partial charge in [-0.25, -0.2) is 4.79 Å². The molecular formula is C17H22F3NO3. The second kappa shape index (κ2) is 7.01. The Morgan fingerprint density at radius 1 is 1.29 bits per heavy atom. The van der Waals surface area contributed by atoms with E-state index in [1.54, 1.807) is 31.7 Å². The Balaban J connectivity index is 1.85. The van der Waals surface area contributed by atoms with Gasteiger partial charge in [0.25, 0.3) is 0 Å². The minimum Gasteiger partial charge on any atom is -0.444 e. The van der Waals surface area contributed by atoms with Crippen molar-refractivity contribution >= 4 is 6.09 Å². The Kier molecular flexibility index (Phi) is 5.42. The Morgan fingerprint density at radius 3 is 2.62 bits per heavy atom. The number of halogens is 3. The van der Waals surface area contributed by atoms with Crippen molar-refractivity contribution in [3.8, 4) is 0 Å². The van der Waals surface area contributed by atoms with Crippen molar-refractivity contribution in [3.63, 3.8) is 0 Å². The van der Waals surface area contributed by atoms with Crippen molar-refractivity contribution < 1.29 is 27.4 Å². The van der Waals surface area contributed by atoms with Gasteiger partial charge in [-0.3, -0.25) is 0 Å². The maximum absolute atomic E-state index is 12.7. The summed E-state index contributed by atoms with van der Waals surface area (Å²) in [7, 11) is 0. The van der Waals surface area contributed by atoms with Crippen LogP contribution in [0.25, 0.3) is 0 Å². The second-order valence-corrected chi connectivity index (χ2v) is 6.85. The number of likely N-dealkylation sites (tertiary alicyclic amines) is 1. The molecule has 1 amide bonds. The van der Waals surface area contributed by atoms with E-state index in [0.717, 1.165) is 12.1 Å². The first-order valence-corrected chi connectivity index (χ1v) is 7.80. The highest BCUT2D eigenvalue weighted by molar-refractivity contribution is 5.68. The molecule has 1 atom stereocenters. The molecule has 1 aliphatic heterocycles. The number of rotatable bonds is 3. The van der Waals surface area contributed by atoms with Crippen LogP contribution in [0.15, 0.2) is 24.3 Å². The van der Waals surface area contributed by atoms with Gasteiger partial charge in [-0.1, -0.05) is 12.1 Å². The zero-order chi connectivity index (χ0) is 18.0. The lowest BCUT2D eigenvalue weighted by Gasteiger charge is -2.24. The summed E-state index contributed by atoms with van der Waals surface area (Å²) in [6.07, 6.45) is -4.32. The lowest BCUT2D eigenvalue weighted by atomic mass is 10.1. The summed E-state index contributed by atoms with van der Waals surface area (Å²) >= 11 is 0. The molecule has 134 valence electrons. The van der Waals surface area contributed by atoms with E-state index >= 15 is 0 Å². The van der Waals surface area contributed by atoms with Crippen LogP contribution in [0.2, 0.25) is 0 Å². The number of hydrogen-bond acceptors (Lipinski definition) is 3. The van der Waals surface area contributed by atoms with E-state index < -0.39 is 23.4 Å². The number of nitrogens with zero attached hydrogens (tertiary/aromatic N) is 1. The van der Waals surface area contributed by atoms with E-state index in [2.05, 4.69) is 0 Å². The highest BCUT2D eigenvalue weighted by Gasteiger charge is 2.31. The van der Waals surface area contributed by atoms with E-state index in [9.17, 15) is 18.0 Å². The van der Waals surface area contributed by atoms with Gasteiger partial charge in [0, 0.05) is 6.54 Å². The van der Waals surface area contributed by atoms with Crippen molar-refractivity contribution in [1.29, 1.82) is 0 Å². The van der Waals surface area contributed by atoms with Gasteiger partial charge in [0.1, 0.15) is 5.60 Å². The Bertz CT molecular complexity index is 581. The fourth-order valence-electron chi connectivity index (χ4n) is 2.41. The van der Waals surface area contributed by atoms with Crippen molar-refractivity contribution in [1.82, 2.24) is 4.90 Å². The third-order valence-corrected chi connectivity index (χ3v) is 3.54. The molecule has 1 heterocycles. The van der Waals surface area contributed by atoms with Crippen LogP contribution < -0.4 is 0 Å². The molecule has 1 fully saturated rings. The number of alkyl halides is 3. The third-order valence-electron chi connectivity index (χ3n) is 3.54. The number of ether oxygens (including phenoxy) is 2. The predicted molar refractivity (Wildman–Crippen MR) is 82.4 cm³/mol. The van der Waals surface area contributed by atoms with Gasteiger partial charge in [0.05, 0.1) is 24.8 Å². The molecular weight excluding hydrogens is 323 g/mol.